The van der Waals surface area contributed by atoms with Crippen LogP contribution in [-0.2, 0) is 9.59 Å². The van der Waals surface area contributed by atoms with Crippen LogP contribution in [0, 0.1) is 0 Å². The minimum Gasteiger partial charge on any atom is -0.497 e. The van der Waals surface area contributed by atoms with Crippen molar-refractivity contribution in [1.82, 2.24) is 10.4 Å². The number of carbonyl (C=O) groups is 3. The smallest absolute Gasteiger partial charge is 0.344 e. The number of hydrogen-bond acceptors (Lipinski definition) is 7. The minimum atomic E-state index is -1.08. The third kappa shape index (κ3) is 5.41. The molecule has 2 aromatic carbocycles. The third-order valence-electron chi connectivity index (χ3n) is 4.18. The van der Waals surface area contributed by atoms with E-state index in [2.05, 4.69) is 5.43 Å². The molecule has 1 heterocycles. The van der Waals surface area contributed by atoms with Crippen molar-refractivity contribution in [3.8, 4) is 11.5 Å². The fourth-order valence-electron chi connectivity index (χ4n) is 2.56. The molecule has 160 valence electrons. The maximum Gasteiger partial charge on any atom is 0.344 e. The lowest BCUT2D eigenvalue weighted by Gasteiger charge is -2.15. The molecule has 0 radical (unpaired) electrons. The summed E-state index contributed by atoms with van der Waals surface area (Å²) in [5.41, 5.74) is 3.48. The van der Waals surface area contributed by atoms with Gasteiger partial charge in [0.05, 0.1) is 12.0 Å². The number of aliphatic carboxylic acids is 1. The van der Waals surface area contributed by atoms with E-state index in [1.54, 1.807) is 54.6 Å². The number of methoxy groups -OCH3 is 1. The number of carbonyl (C=O) groups excluding carboxylic acids is 2. The first-order chi connectivity index (χ1) is 14.8. The van der Waals surface area contributed by atoms with Gasteiger partial charge in [-0.1, -0.05) is 23.9 Å². The predicted octanol–water partition coefficient (Wildman–Crippen LogP) is 3.09. The average Bonchev–Trinajstić information content (AvgIpc) is 3.01. The Morgan fingerprint density at radius 2 is 1.90 bits per heavy atom. The molecule has 0 aliphatic carbocycles. The highest BCUT2D eigenvalue weighted by atomic mass is 32.2. The first kappa shape index (κ1) is 22.3. The number of benzene rings is 2. The predicted molar refractivity (Wildman–Crippen MR) is 120 cm³/mol. The summed E-state index contributed by atoms with van der Waals surface area (Å²) in [6.07, 6.45) is 0.582. The second-order valence-corrected chi connectivity index (χ2v) is 8.03. The van der Waals surface area contributed by atoms with Gasteiger partial charge >= 0.3 is 5.97 Å². The average molecular weight is 459 g/mol. The van der Waals surface area contributed by atoms with Gasteiger partial charge in [0.25, 0.3) is 11.8 Å². The zero-order chi connectivity index (χ0) is 22.5. The third-order valence-corrected chi connectivity index (χ3v) is 5.48. The van der Waals surface area contributed by atoms with E-state index in [-0.39, 0.29) is 4.32 Å². The molecule has 3 rings (SSSR count). The van der Waals surface area contributed by atoms with E-state index >= 15 is 0 Å². The van der Waals surface area contributed by atoms with Crippen molar-refractivity contribution in [2.24, 2.45) is 0 Å². The Balaban J connectivity index is 1.72. The zero-order valence-corrected chi connectivity index (χ0v) is 18.2. The molecule has 1 aliphatic rings. The number of amides is 2. The topological polar surface area (TPSA) is 105 Å². The highest BCUT2D eigenvalue weighted by molar-refractivity contribution is 8.26. The van der Waals surface area contributed by atoms with Crippen LogP contribution in [0.2, 0.25) is 0 Å². The van der Waals surface area contributed by atoms with E-state index in [0.717, 1.165) is 16.8 Å². The van der Waals surface area contributed by atoms with Crippen molar-refractivity contribution in [3.05, 3.63) is 64.6 Å². The molecule has 0 saturated carbocycles. The van der Waals surface area contributed by atoms with Crippen LogP contribution in [0.5, 0.6) is 11.5 Å². The first-order valence-electron chi connectivity index (χ1n) is 9.01. The van der Waals surface area contributed by atoms with E-state index in [4.69, 9.17) is 26.8 Å². The quantitative estimate of drug-likeness (QED) is 0.482. The van der Waals surface area contributed by atoms with Gasteiger partial charge in [-0.3, -0.25) is 15.0 Å². The van der Waals surface area contributed by atoms with E-state index in [0.29, 0.717) is 27.5 Å². The van der Waals surface area contributed by atoms with Gasteiger partial charge in [-0.2, -0.15) is 5.01 Å². The molecular weight excluding hydrogens is 440 g/mol. The number of hydrogen-bond donors (Lipinski definition) is 2. The Bertz CT molecular complexity index is 1070. The van der Waals surface area contributed by atoms with Gasteiger partial charge in [-0.05, 0) is 67.2 Å². The Labute approximate surface area is 187 Å². The molecule has 2 N–H and O–H groups in total. The molecule has 1 fully saturated rings. The molecule has 31 heavy (non-hydrogen) atoms. The van der Waals surface area contributed by atoms with Crippen molar-refractivity contribution < 1.29 is 29.0 Å². The molecule has 1 unspecified atom stereocenters. The molecule has 1 aliphatic heterocycles. The second kappa shape index (κ2) is 9.63. The van der Waals surface area contributed by atoms with Crippen LogP contribution in [0.3, 0.4) is 0 Å². The van der Waals surface area contributed by atoms with Gasteiger partial charge in [-0.15, -0.1) is 0 Å². The summed E-state index contributed by atoms with van der Waals surface area (Å²) in [4.78, 5) is 36.5. The monoisotopic (exact) mass is 458 g/mol. The van der Waals surface area contributed by atoms with Crippen LogP contribution in [0.15, 0.2) is 53.4 Å². The highest BCUT2D eigenvalue weighted by Gasteiger charge is 2.33. The molecular formula is C21H18N2O6S2. The number of rotatable bonds is 7. The normalized spacial score (nSPS) is 15.7. The summed E-state index contributed by atoms with van der Waals surface area (Å²) in [5, 5.41) is 9.99. The molecule has 0 aromatic heterocycles. The van der Waals surface area contributed by atoms with E-state index in [1.807, 2.05) is 0 Å². The summed E-state index contributed by atoms with van der Waals surface area (Å²) >= 11 is 6.28. The molecule has 0 bridgehead atoms. The van der Waals surface area contributed by atoms with Crippen molar-refractivity contribution in [1.29, 1.82) is 0 Å². The van der Waals surface area contributed by atoms with E-state index in [9.17, 15) is 14.4 Å². The maximum atomic E-state index is 12.7. The van der Waals surface area contributed by atoms with E-state index in [1.165, 1.54) is 14.0 Å². The number of hydrazine groups is 1. The van der Waals surface area contributed by atoms with Gasteiger partial charge in [-0.25, -0.2) is 4.79 Å². The number of thiocarbonyl (C=S) groups is 1. The summed E-state index contributed by atoms with van der Waals surface area (Å²) < 4.78 is 10.6. The molecule has 0 spiro atoms. The summed E-state index contributed by atoms with van der Waals surface area (Å²) in [6, 6.07) is 13.1. The van der Waals surface area contributed by atoms with Crippen molar-refractivity contribution in [2.75, 3.05) is 7.11 Å². The number of nitrogens with zero attached hydrogens (tertiary/aromatic N) is 1. The highest BCUT2D eigenvalue weighted by Crippen LogP contribution is 2.32. The molecule has 10 heteroatoms. The van der Waals surface area contributed by atoms with Crippen LogP contribution in [0.1, 0.15) is 22.8 Å². The largest absolute Gasteiger partial charge is 0.497 e. The minimum absolute atomic E-state index is 0.185. The van der Waals surface area contributed by atoms with E-state index < -0.39 is 23.9 Å². The lowest BCUT2D eigenvalue weighted by molar-refractivity contribution is -0.144. The van der Waals surface area contributed by atoms with Crippen molar-refractivity contribution >= 4 is 52.2 Å². The van der Waals surface area contributed by atoms with Gasteiger partial charge in [0.1, 0.15) is 11.5 Å². The van der Waals surface area contributed by atoms with Gasteiger partial charge < -0.3 is 14.6 Å². The van der Waals surface area contributed by atoms with Crippen LogP contribution in [0.25, 0.3) is 6.08 Å². The molecule has 1 saturated heterocycles. The lowest BCUT2D eigenvalue weighted by atomic mass is 10.2. The molecule has 2 aromatic rings. The number of nitrogens with one attached hydrogen (secondary N) is 1. The molecule has 1 atom stereocenters. The Morgan fingerprint density at radius 3 is 2.55 bits per heavy atom. The number of carboxylic acids is 1. The van der Waals surface area contributed by atoms with Crippen molar-refractivity contribution in [2.45, 2.75) is 13.0 Å². The van der Waals surface area contributed by atoms with Crippen LogP contribution in [0.4, 0.5) is 0 Å². The summed E-state index contributed by atoms with van der Waals surface area (Å²) in [7, 11) is 1.52. The Morgan fingerprint density at radius 1 is 1.19 bits per heavy atom. The Hall–Kier alpha value is -3.37. The van der Waals surface area contributed by atoms with Gasteiger partial charge in [0.2, 0.25) is 0 Å². The summed E-state index contributed by atoms with van der Waals surface area (Å²) in [6.45, 7) is 1.42. The van der Waals surface area contributed by atoms with Gasteiger partial charge in [0.15, 0.2) is 10.4 Å². The fraction of sp³-hybridized carbons (Fsp3) is 0.143. The first-order valence-corrected chi connectivity index (χ1v) is 10.2. The van der Waals surface area contributed by atoms with Crippen LogP contribution < -0.4 is 14.9 Å². The van der Waals surface area contributed by atoms with Crippen LogP contribution in [-0.4, -0.2) is 45.4 Å². The standard InChI is InChI=1S/C21H18N2O6S2/c1-12(20(26)27)29-16-5-3-4-13(10-16)11-17-19(25)23(21(30)31-17)22-18(24)14-6-8-15(28-2)9-7-14/h3-12H,1-2H3,(H,22,24)(H,26,27)/b17-11+. The molecule has 8 nitrogen and oxygen atoms in total. The zero-order valence-electron chi connectivity index (χ0n) is 16.5. The Kier molecular flexibility index (Phi) is 6.93. The van der Waals surface area contributed by atoms with Crippen molar-refractivity contribution in [3.63, 3.8) is 0 Å². The number of carboxylic acid groups (broad SMARTS) is 1. The fourth-order valence-corrected chi connectivity index (χ4v) is 3.74. The summed E-state index contributed by atoms with van der Waals surface area (Å²) in [5.74, 6) is -1.08. The second-order valence-electron chi connectivity index (χ2n) is 6.36. The SMILES string of the molecule is COc1ccc(C(=O)NN2C(=O)/C(=C\c3cccc(OC(C)C(=O)O)c3)SC2=S)cc1. The maximum absolute atomic E-state index is 12.7. The molecule has 2 amide bonds. The van der Waals surface area contributed by atoms with Gasteiger partial charge in [0, 0.05) is 5.56 Å². The number of thioether (sulfide) groups is 1. The lowest BCUT2D eigenvalue weighted by Crippen LogP contribution is -2.44. The number of ether oxygens (including phenoxy) is 2. The van der Waals surface area contributed by atoms with Crippen LogP contribution >= 0.6 is 24.0 Å².